The first-order chi connectivity index (χ1) is 5.24. The molecule has 5 heteroatoms. The van der Waals surface area contributed by atoms with Gasteiger partial charge in [0.2, 0.25) is 0 Å². The molecule has 0 fully saturated rings. The van der Waals surface area contributed by atoms with Crippen molar-refractivity contribution in [2.24, 2.45) is 5.90 Å². The molecule has 0 aliphatic carbocycles. The molecule has 0 amide bonds. The van der Waals surface area contributed by atoms with E-state index in [0.29, 0.717) is 5.56 Å². The molecule has 0 radical (unpaired) electrons. The molecule has 0 unspecified atom stereocenters. The van der Waals surface area contributed by atoms with E-state index in [1.54, 1.807) is 0 Å². The summed E-state index contributed by atoms with van der Waals surface area (Å²) >= 11 is 0. The molecule has 12 heavy (non-hydrogen) atoms. The van der Waals surface area contributed by atoms with Crippen LogP contribution in [0.25, 0.3) is 0 Å². The second-order valence-corrected chi connectivity index (χ2v) is 2.10. The van der Waals surface area contributed by atoms with Crippen LogP contribution in [0.15, 0.2) is 18.2 Å². The summed E-state index contributed by atoms with van der Waals surface area (Å²) in [7, 11) is 0. The van der Waals surface area contributed by atoms with Crippen LogP contribution in [0.4, 0.5) is 4.39 Å². The Morgan fingerprint density at radius 3 is 2.67 bits per heavy atom. The van der Waals surface area contributed by atoms with Gasteiger partial charge in [-0.05, 0) is 17.7 Å². The second-order valence-electron chi connectivity index (χ2n) is 2.10. The fraction of sp³-hybridized carbons (Fsp3) is 0.143. The van der Waals surface area contributed by atoms with Gasteiger partial charge in [0, 0.05) is 0 Å². The van der Waals surface area contributed by atoms with Crippen LogP contribution in [0.2, 0.25) is 0 Å². The Balaban J connectivity index is 0.00000121. The quantitative estimate of drug-likeness (QED) is 0.697. The molecule has 0 heterocycles. The molecular formula is C7H9ClFNO2. The SMILES string of the molecule is Cl.NOCc1ccc(O)c(F)c1. The van der Waals surface area contributed by atoms with Gasteiger partial charge < -0.3 is 5.11 Å². The zero-order chi connectivity index (χ0) is 8.27. The molecule has 0 atom stereocenters. The fourth-order valence-electron chi connectivity index (χ4n) is 0.736. The normalized spacial score (nSPS) is 9.17. The highest BCUT2D eigenvalue weighted by molar-refractivity contribution is 5.85. The Labute approximate surface area is 75.3 Å². The second kappa shape index (κ2) is 4.92. The maximum atomic E-state index is 12.6. The van der Waals surface area contributed by atoms with Crippen molar-refractivity contribution in [1.29, 1.82) is 0 Å². The topological polar surface area (TPSA) is 55.5 Å². The van der Waals surface area contributed by atoms with Crippen molar-refractivity contribution in [2.45, 2.75) is 6.61 Å². The van der Waals surface area contributed by atoms with E-state index >= 15 is 0 Å². The summed E-state index contributed by atoms with van der Waals surface area (Å²) in [4.78, 5) is 4.27. The van der Waals surface area contributed by atoms with Crippen LogP contribution in [-0.2, 0) is 11.4 Å². The molecule has 0 aliphatic heterocycles. The van der Waals surface area contributed by atoms with E-state index in [1.165, 1.54) is 18.2 Å². The van der Waals surface area contributed by atoms with E-state index in [0.717, 1.165) is 0 Å². The minimum absolute atomic E-state index is 0. The summed E-state index contributed by atoms with van der Waals surface area (Å²) in [6.45, 7) is 0.136. The Morgan fingerprint density at radius 1 is 1.50 bits per heavy atom. The first-order valence-corrected chi connectivity index (χ1v) is 3.03. The minimum Gasteiger partial charge on any atom is -0.505 e. The number of phenols is 1. The van der Waals surface area contributed by atoms with E-state index in [1.807, 2.05) is 0 Å². The van der Waals surface area contributed by atoms with Gasteiger partial charge in [0.15, 0.2) is 11.6 Å². The number of hydrogen-bond acceptors (Lipinski definition) is 3. The Hall–Kier alpha value is -0.840. The molecule has 68 valence electrons. The van der Waals surface area contributed by atoms with Gasteiger partial charge in [-0.3, -0.25) is 4.84 Å². The number of aromatic hydroxyl groups is 1. The molecule has 3 nitrogen and oxygen atoms in total. The van der Waals surface area contributed by atoms with Crippen LogP contribution < -0.4 is 5.90 Å². The molecule has 0 bridgehead atoms. The Morgan fingerprint density at radius 2 is 2.17 bits per heavy atom. The molecule has 0 saturated carbocycles. The summed E-state index contributed by atoms with van der Waals surface area (Å²) in [6, 6.07) is 3.96. The standard InChI is InChI=1S/C7H8FNO2.ClH/c8-6-3-5(4-11-9)1-2-7(6)10;/h1-3,10H,4,9H2;1H. The number of rotatable bonds is 2. The van der Waals surface area contributed by atoms with Crippen LogP contribution in [0.1, 0.15) is 5.56 Å². The van der Waals surface area contributed by atoms with Crippen LogP contribution in [-0.4, -0.2) is 5.11 Å². The van der Waals surface area contributed by atoms with Crippen molar-refractivity contribution in [3.05, 3.63) is 29.6 Å². The van der Waals surface area contributed by atoms with Gasteiger partial charge in [0.1, 0.15) is 0 Å². The molecule has 0 aliphatic rings. The summed E-state index contributed by atoms with van der Waals surface area (Å²) in [6.07, 6.45) is 0. The number of halogens is 2. The molecule has 3 N–H and O–H groups in total. The Bertz CT molecular complexity index is 257. The monoisotopic (exact) mass is 193 g/mol. The van der Waals surface area contributed by atoms with E-state index in [9.17, 15) is 4.39 Å². The highest BCUT2D eigenvalue weighted by atomic mass is 35.5. The van der Waals surface area contributed by atoms with Gasteiger partial charge in [-0.15, -0.1) is 12.4 Å². The predicted octanol–water partition coefficient (Wildman–Crippen LogP) is 1.34. The average Bonchev–Trinajstić information content (AvgIpc) is 1.98. The van der Waals surface area contributed by atoms with Crippen LogP contribution in [0, 0.1) is 5.82 Å². The predicted molar refractivity (Wildman–Crippen MR) is 44.3 cm³/mol. The van der Waals surface area contributed by atoms with Crippen molar-refractivity contribution < 1.29 is 14.3 Å². The summed E-state index contributed by atoms with van der Waals surface area (Å²) in [5, 5.41) is 8.76. The molecule has 1 aromatic carbocycles. The third-order valence-corrected chi connectivity index (χ3v) is 1.26. The largest absolute Gasteiger partial charge is 0.505 e. The first-order valence-electron chi connectivity index (χ1n) is 3.03. The molecule has 1 rings (SSSR count). The van der Waals surface area contributed by atoms with Gasteiger partial charge in [0.05, 0.1) is 6.61 Å². The number of phenolic OH excluding ortho intramolecular Hbond substituents is 1. The lowest BCUT2D eigenvalue weighted by molar-refractivity contribution is 0.124. The first kappa shape index (κ1) is 11.2. The maximum Gasteiger partial charge on any atom is 0.165 e. The van der Waals surface area contributed by atoms with Crippen molar-refractivity contribution in [2.75, 3.05) is 0 Å². The molecule has 0 aromatic heterocycles. The van der Waals surface area contributed by atoms with Crippen molar-refractivity contribution in [3.63, 3.8) is 0 Å². The van der Waals surface area contributed by atoms with Crippen molar-refractivity contribution in [1.82, 2.24) is 0 Å². The average molecular weight is 194 g/mol. The van der Waals surface area contributed by atoms with Gasteiger partial charge in [-0.25, -0.2) is 10.3 Å². The van der Waals surface area contributed by atoms with E-state index < -0.39 is 5.82 Å². The summed E-state index contributed by atoms with van der Waals surface area (Å²) in [5.41, 5.74) is 0.586. The molecule has 0 spiro atoms. The zero-order valence-corrected chi connectivity index (χ0v) is 6.97. The highest BCUT2D eigenvalue weighted by Crippen LogP contribution is 2.15. The maximum absolute atomic E-state index is 12.6. The molecule has 0 saturated heterocycles. The van der Waals surface area contributed by atoms with Gasteiger partial charge in [-0.2, -0.15) is 0 Å². The van der Waals surface area contributed by atoms with Crippen LogP contribution in [0.5, 0.6) is 5.75 Å². The molecule has 1 aromatic rings. The number of benzene rings is 1. The fourth-order valence-corrected chi connectivity index (χ4v) is 0.736. The minimum atomic E-state index is -0.667. The van der Waals surface area contributed by atoms with Gasteiger partial charge in [-0.1, -0.05) is 6.07 Å². The van der Waals surface area contributed by atoms with Gasteiger partial charge in [0.25, 0.3) is 0 Å². The van der Waals surface area contributed by atoms with E-state index in [4.69, 9.17) is 11.0 Å². The zero-order valence-electron chi connectivity index (χ0n) is 6.16. The van der Waals surface area contributed by atoms with Crippen LogP contribution >= 0.6 is 12.4 Å². The van der Waals surface area contributed by atoms with Crippen molar-refractivity contribution >= 4 is 12.4 Å². The van der Waals surface area contributed by atoms with E-state index in [-0.39, 0.29) is 24.8 Å². The smallest absolute Gasteiger partial charge is 0.165 e. The third kappa shape index (κ3) is 2.65. The van der Waals surface area contributed by atoms with Crippen molar-refractivity contribution in [3.8, 4) is 5.75 Å². The lowest BCUT2D eigenvalue weighted by Crippen LogP contribution is -1.98. The lowest BCUT2D eigenvalue weighted by atomic mass is 10.2. The van der Waals surface area contributed by atoms with Crippen LogP contribution in [0.3, 0.4) is 0 Å². The molecular weight excluding hydrogens is 185 g/mol. The van der Waals surface area contributed by atoms with Gasteiger partial charge >= 0.3 is 0 Å². The number of nitrogens with two attached hydrogens (primary N) is 1. The number of hydrogen-bond donors (Lipinski definition) is 2. The summed E-state index contributed by atoms with van der Waals surface area (Å²) in [5.74, 6) is 3.73. The third-order valence-electron chi connectivity index (χ3n) is 1.26. The highest BCUT2D eigenvalue weighted by Gasteiger charge is 2.00. The van der Waals surface area contributed by atoms with E-state index in [2.05, 4.69) is 4.84 Å². The lowest BCUT2D eigenvalue weighted by Gasteiger charge is -1.99. The summed E-state index contributed by atoms with van der Waals surface area (Å²) < 4.78 is 12.6. The Kier molecular flexibility index (Phi) is 4.58.